The van der Waals surface area contributed by atoms with E-state index in [0.717, 1.165) is 49.7 Å². The number of phosphoric ester groups is 1. The van der Waals surface area contributed by atoms with E-state index in [2.05, 4.69) is 26.5 Å². The molecule has 42 heavy (non-hydrogen) atoms. The Morgan fingerprint density at radius 1 is 1.14 bits per heavy atom. The average Bonchev–Trinajstić information content (AvgIpc) is 3.41. The molecule has 1 saturated carbocycles. The average molecular weight is 596 g/mol. The number of ether oxygens (including phenoxy) is 1. The van der Waals surface area contributed by atoms with E-state index < -0.39 is 19.4 Å². The second-order valence-corrected chi connectivity index (χ2v) is 13.2. The zero-order valence-electron chi connectivity index (χ0n) is 25.1. The molecule has 0 bridgehead atoms. The highest BCUT2D eigenvalue weighted by Gasteiger charge is 2.47. The molecular weight excluding hydrogens is 551 g/mol. The molecule has 2 aliphatic carbocycles. The molecule has 0 aliphatic heterocycles. The smallest absolute Gasteiger partial charge is 0.344 e. The SMILES string of the molecule is C=C(C)[C@@H]1CCC(C)=C[C@H]1c1c(O)cc(CCCCC)cc1OC(=O)C1(OP(=O)([O-])OCc2ccccc2)CCCC1. The maximum atomic E-state index is 13.9. The molecule has 0 amide bonds. The number of phenols is 1. The van der Waals surface area contributed by atoms with Crippen LogP contribution in [0.1, 0.15) is 101 Å². The number of allylic oxidation sites excluding steroid dienone is 3. The minimum Gasteiger partial charge on any atom is -0.756 e. The second-order valence-electron chi connectivity index (χ2n) is 11.9. The topological polar surface area (TPSA) is 105 Å². The third-order valence-electron chi connectivity index (χ3n) is 8.47. The summed E-state index contributed by atoms with van der Waals surface area (Å²) in [5.74, 6) is -0.642. The first kappa shape index (κ1) is 32.2. The first-order valence-corrected chi connectivity index (χ1v) is 16.6. The summed E-state index contributed by atoms with van der Waals surface area (Å²) in [7, 11) is -4.86. The Bertz CT molecular complexity index is 1330. The van der Waals surface area contributed by atoms with E-state index in [1.807, 2.05) is 19.1 Å². The number of hydrogen-bond donors (Lipinski definition) is 1. The molecule has 4 rings (SSSR count). The van der Waals surface area contributed by atoms with E-state index in [-0.39, 0.29) is 42.8 Å². The summed E-state index contributed by atoms with van der Waals surface area (Å²) in [5.41, 5.74) is 2.55. The fourth-order valence-corrected chi connectivity index (χ4v) is 7.20. The van der Waals surface area contributed by atoms with Crippen LogP contribution < -0.4 is 9.63 Å². The van der Waals surface area contributed by atoms with Crippen LogP contribution >= 0.6 is 7.82 Å². The van der Waals surface area contributed by atoms with E-state index in [4.69, 9.17) is 13.8 Å². The minimum atomic E-state index is -4.86. The lowest BCUT2D eigenvalue weighted by atomic mass is 9.73. The highest BCUT2D eigenvalue weighted by atomic mass is 31.2. The van der Waals surface area contributed by atoms with E-state index in [9.17, 15) is 19.4 Å². The first-order valence-electron chi connectivity index (χ1n) is 15.1. The number of aromatic hydroxyl groups is 1. The van der Waals surface area contributed by atoms with Gasteiger partial charge in [-0.1, -0.05) is 73.9 Å². The number of unbranched alkanes of at least 4 members (excludes halogenated alkanes) is 2. The Kier molecular flexibility index (Phi) is 10.9. The van der Waals surface area contributed by atoms with E-state index in [0.29, 0.717) is 24.0 Å². The number of esters is 1. The van der Waals surface area contributed by atoms with Crippen molar-refractivity contribution in [3.8, 4) is 11.5 Å². The largest absolute Gasteiger partial charge is 0.756 e. The lowest BCUT2D eigenvalue weighted by Crippen LogP contribution is -2.42. The highest BCUT2D eigenvalue weighted by Crippen LogP contribution is 2.51. The molecule has 0 heterocycles. The quantitative estimate of drug-likeness (QED) is 0.0821. The first-order chi connectivity index (χ1) is 20.0. The Labute approximate surface area is 250 Å². The molecule has 0 aromatic heterocycles. The van der Waals surface area contributed by atoms with Gasteiger partial charge in [0, 0.05) is 11.5 Å². The van der Waals surface area contributed by atoms with Crippen LogP contribution in [0.15, 0.2) is 66.3 Å². The van der Waals surface area contributed by atoms with Crippen molar-refractivity contribution in [1.82, 2.24) is 0 Å². The molecule has 0 spiro atoms. The maximum Gasteiger partial charge on any atom is 0.344 e. The third-order valence-corrected chi connectivity index (χ3v) is 9.49. The van der Waals surface area contributed by atoms with Crippen LogP contribution in [-0.2, 0) is 31.4 Å². The number of phenolic OH excluding ortho intramolecular Hbond substituents is 1. The number of carbonyl (C=O) groups excluding carboxylic acids is 1. The Hall–Kier alpha value is -2.70. The molecular formula is C34H44O7P-. The van der Waals surface area contributed by atoms with Gasteiger partial charge in [0.05, 0.1) is 6.61 Å². The van der Waals surface area contributed by atoms with E-state index in [1.54, 1.807) is 30.3 Å². The predicted octanol–water partition coefficient (Wildman–Crippen LogP) is 8.06. The van der Waals surface area contributed by atoms with Crippen LogP contribution in [0.3, 0.4) is 0 Å². The van der Waals surface area contributed by atoms with Crippen LogP contribution in [-0.4, -0.2) is 16.7 Å². The zero-order chi connectivity index (χ0) is 30.3. The highest BCUT2D eigenvalue weighted by molar-refractivity contribution is 7.45. The molecule has 228 valence electrons. The van der Waals surface area contributed by atoms with Crippen molar-refractivity contribution in [2.45, 2.75) is 103 Å². The van der Waals surface area contributed by atoms with Gasteiger partial charge < -0.3 is 19.3 Å². The van der Waals surface area contributed by atoms with Crippen LogP contribution in [0.4, 0.5) is 0 Å². The van der Waals surface area contributed by atoms with Crippen LogP contribution in [0.5, 0.6) is 11.5 Å². The molecule has 0 radical (unpaired) electrons. The normalized spacial score (nSPS) is 21.4. The Morgan fingerprint density at radius 2 is 1.86 bits per heavy atom. The van der Waals surface area contributed by atoms with Crippen molar-refractivity contribution in [2.24, 2.45) is 5.92 Å². The number of rotatable bonds is 13. The molecule has 2 aliphatic rings. The van der Waals surface area contributed by atoms with Crippen molar-refractivity contribution in [2.75, 3.05) is 0 Å². The number of aryl methyl sites for hydroxylation is 1. The van der Waals surface area contributed by atoms with E-state index in [1.165, 1.54) is 5.57 Å². The summed E-state index contributed by atoms with van der Waals surface area (Å²) in [6, 6.07) is 12.5. The van der Waals surface area contributed by atoms with Crippen LogP contribution in [0.2, 0.25) is 0 Å². The second kappa shape index (κ2) is 14.2. The van der Waals surface area contributed by atoms with Gasteiger partial charge in [0.2, 0.25) is 0 Å². The lowest BCUT2D eigenvalue weighted by Gasteiger charge is -2.35. The van der Waals surface area contributed by atoms with Crippen molar-refractivity contribution >= 4 is 13.8 Å². The summed E-state index contributed by atoms with van der Waals surface area (Å²) in [5, 5.41) is 11.4. The molecule has 2 aromatic carbocycles. The summed E-state index contributed by atoms with van der Waals surface area (Å²) in [6.07, 6.45) is 9.30. The van der Waals surface area contributed by atoms with Gasteiger partial charge in [-0.15, -0.1) is 0 Å². The van der Waals surface area contributed by atoms with E-state index >= 15 is 0 Å². The molecule has 1 fully saturated rings. The molecule has 2 aromatic rings. The van der Waals surface area contributed by atoms with Crippen LogP contribution in [0, 0.1) is 5.92 Å². The molecule has 8 heteroatoms. The van der Waals surface area contributed by atoms with Crippen molar-refractivity contribution in [3.05, 3.63) is 83.0 Å². The Morgan fingerprint density at radius 3 is 2.52 bits per heavy atom. The summed E-state index contributed by atoms with van der Waals surface area (Å²) < 4.78 is 29.8. The van der Waals surface area contributed by atoms with Gasteiger partial charge in [0.1, 0.15) is 11.5 Å². The van der Waals surface area contributed by atoms with Gasteiger partial charge in [-0.3, -0.25) is 9.09 Å². The Balaban J connectivity index is 1.66. The summed E-state index contributed by atoms with van der Waals surface area (Å²) in [6.45, 7) is 10.2. The number of hydrogen-bond acceptors (Lipinski definition) is 7. The van der Waals surface area contributed by atoms with Gasteiger partial charge in [0.15, 0.2) is 5.60 Å². The van der Waals surface area contributed by atoms with Crippen LogP contribution in [0.25, 0.3) is 0 Å². The summed E-state index contributed by atoms with van der Waals surface area (Å²) in [4.78, 5) is 26.9. The molecule has 1 N–H and O–H groups in total. The van der Waals surface area contributed by atoms with Gasteiger partial charge in [-0.05, 0) is 94.4 Å². The molecule has 1 unspecified atom stereocenters. The van der Waals surface area contributed by atoms with Crippen molar-refractivity contribution in [1.29, 1.82) is 0 Å². The monoisotopic (exact) mass is 595 g/mol. The fraction of sp³-hybridized carbons (Fsp3) is 0.500. The molecule has 7 nitrogen and oxygen atoms in total. The lowest BCUT2D eigenvalue weighted by molar-refractivity contribution is -0.238. The van der Waals surface area contributed by atoms with Gasteiger partial charge in [0.25, 0.3) is 7.82 Å². The zero-order valence-corrected chi connectivity index (χ0v) is 26.0. The fourth-order valence-electron chi connectivity index (χ4n) is 6.16. The van der Waals surface area contributed by atoms with Gasteiger partial charge >= 0.3 is 5.97 Å². The number of phosphoric acid groups is 1. The van der Waals surface area contributed by atoms with Gasteiger partial charge in [-0.2, -0.15) is 0 Å². The third kappa shape index (κ3) is 8.02. The maximum absolute atomic E-state index is 13.9. The van der Waals surface area contributed by atoms with Crippen molar-refractivity contribution in [3.63, 3.8) is 0 Å². The minimum absolute atomic E-state index is 0.0629. The molecule has 3 atom stereocenters. The standard InChI is InChI=1S/C34H45O7P/c1-5-6-8-15-27-21-30(35)32(29-20-25(4)16-17-28(29)24(2)3)31(22-27)40-33(36)34(18-11-12-19-34)41-42(37,38)39-23-26-13-9-7-10-14-26/h7,9-10,13-14,20-22,28-29,35H,2,5-6,8,11-12,15-19,23H2,1,3-4H3,(H,37,38)/p-1/t28-,29+/m0/s1. The number of carbonyl (C=O) groups is 1. The summed E-state index contributed by atoms with van der Waals surface area (Å²) >= 11 is 0. The van der Waals surface area contributed by atoms with Crippen molar-refractivity contribution < 1.29 is 33.1 Å². The predicted molar refractivity (Wildman–Crippen MR) is 162 cm³/mol. The molecule has 0 saturated heterocycles. The number of benzene rings is 2. The van der Waals surface area contributed by atoms with Gasteiger partial charge in [-0.25, -0.2) is 4.79 Å².